The van der Waals surface area contributed by atoms with Crippen molar-refractivity contribution in [3.8, 4) is 0 Å². The maximum absolute atomic E-state index is 8.75. The lowest BCUT2D eigenvalue weighted by Crippen LogP contribution is -2.70. The summed E-state index contributed by atoms with van der Waals surface area (Å²) >= 11 is 0. The first-order valence-corrected chi connectivity index (χ1v) is 2.58. The van der Waals surface area contributed by atoms with Gasteiger partial charge in [-0.25, -0.2) is 5.32 Å². The van der Waals surface area contributed by atoms with Crippen LogP contribution in [-0.2, 0) is 0 Å². The average Bonchev–Trinajstić information content (AvgIpc) is 1.59. The predicted molar refractivity (Wildman–Crippen MR) is 29.4 cm³/mol. The molecule has 1 fully saturated rings. The van der Waals surface area contributed by atoms with Crippen LogP contribution in [0.1, 0.15) is 0 Å². The molecule has 54 valence electrons. The van der Waals surface area contributed by atoms with Gasteiger partial charge in [0.05, 0.1) is 0 Å². The second-order valence-electron chi connectivity index (χ2n) is 1.78. The minimum absolute atomic E-state index is 0.573. The Bertz CT molecular complexity index is 74.8. The van der Waals surface area contributed by atoms with Gasteiger partial charge in [-0.05, 0) is 0 Å². The Morgan fingerprint density at radius 2 is 1.44 bits per heavy atom. The molecular formula is C3H10N4O2. The smallest absolute Gasteiger partial charge is 0.165 e. The SMILES string of the molecule is NC1NC(O)NC(O)N1. The van der Waals surface area contributed by atoms with Crippen molar-refractivity contribution >= 4 is 0 Å². The number of aliphatic hydroxyl groups is 2. The van der Waals surface area contributed by atoms with E-state index in [0.29, 0.717) is 0 Å². The first-order chi connectivity index (χ1) is 4.18. The predicted octanol–water partition coefficient (Wildman–Crippen LogP) is -3.44. The first-order valence-electron chi connectivity index (χ1n) is 2.58. The molecular weight excluding hydrogens is 124 g/mol. The molecule has 0 amide bonds. The topological polar surface area (TPSA) is 103 Å². The summed E-state index contributed by atoms with van der Waals surface area (Å²) in [6.07, 6.45) is -2.47. The van der Waals surface area contributed by atoms with Gasteiger partial charge in [-0.3, -0.25) is 10.6 Å². The molecule has 1 heterocycles. The Balaban J connectivity index is 2.34. The van der Waals surface area contributed by atoms with Gasteiger partial charge >= 0.3 is 0 Å². The van der Waals surface area contributed by atoms with E-state index < -0.39 is 19.0 Å². The summed E-state index contributed by atoms with van der Waals surface area (Å²) in [6.45, 7) is 0. The number of hydrogen-bond donors (Lipinski definition) is 6. The van der Waals surface area contributed by atoms with Crippen molar-refractivity contribution in [3.63, 3.8) is 0 Å². The van der Waals surface area contributed by atoms with Gasteiger partial charge in [0, 0.05) is 0 Å². The van der Waals surface area contributed by atoms with Gasteiger partial charge in [0.25, 0.3) is 0 Å². The highest BCUT2D eigenvalue weighted by Crippen LogP contribution is 1.82. The van der Waals surface area contributed by atoms with E-state index in [-0.39, 0.29) is 0 Å². The second-order valence-corrected chi connectivity index (χ2v) is 1.78. The number of nitrogens with one attached hydrogen (secondary N) is 3. The molecule has 6 heteroatoms. The van der Waals surface area contributed by atoms with Gasteiger partial charge in [0.1, 0.15) is 6.29 Å². The van der Waals surface area contributed by atoms with Crippen LogP contribution in [0.4, 0.5) is 0 Å². The van der Waals surface area contributed by atoms with Crippen LogP contribution in [0, 0.1) is 0 Å². The molecule has 6 nitrogen and oxygen atoms in total. The molecule has 1 rings (SSSR count). The normalized spacial score (nSPS) is 45.0. The zero-order chi connectivity index (χ0) is 6.85. The lowest BCUT2D eigenvalue weighted by molar-refractivity contribution is -0.0461. The largest absolute Gasteiger partial charge is 0.365 e. The van der Waals surface area contributed by atoms with Crippen LogP contribution < -0.4 is 21.7 Å². The fraction of sp³-hybridized carbons (Fsp3) is 1.00. The third-order valence-electron chi connectivity index (χ3n) is 0.991. The van der Waals surface area contributed by atoms with Gasteiger partial charge < -0.3 is 15.9 Å². The highest BCUT2D eigenvalue weighted by Gasteiger charge is 2.19. The van der Waals surface area contributed by atoms with Crippen LogP contribution in [0.3, 0.4) is 0 Å². The van der Waals surface area contributed by atoms with Gasteiger partial charge in [-0.1, -0.05) is 0 Å². The van der Waals surface area contributed by atoms with E-state index in [1.54, 1.807) is 0 Å². The van der Waals surface area contributed by atoms with Gasteiger partial charge in [0.15, 0.2) is 12.7 Å². The van der Waals surface area contributed by atoms with E-state index in [2.05, 4.69) is 16.0 Å². The molecule has 2 unspecified atom stereocenters. The van der Waals surface area contributed by atoms with E-state index >= 15 is 0 Å². The van der Waals surface area contributed by atoms with E-state index in [9.17, 15) is 0 Å². The summed E-state index contributed by atoms with van der Waals surface area (Å²) in [4.78, 5) is 0. The lowest BCUT2D eigenvalue weighted by atomic mass is 10.6. The van der Waals surface area contributed by atoms with Crippen LogP contribution in [0.5, 0.6) is 0 Å². The molecule has 1 aliphatic heterocycles. The van der Waals surface area contributed by atoms with Crippen molar-refractivity contribution in [1.29, 1.82) is 0 Å². The summed E-state index contributed by atoms with van der Waals surface area (Å²) in [5, 5.41) is 24.7. The summed E-state index contributed by atoms with van der Waals surface area (Å²) in [5.74, 6) is 0. The number of rotatable bonds is 0. The minimum atomic E-state index is -0.948. The number of nitrogens with two attached hydrogens (primary N) is 1. The average molecular weight is 134 g/mol. The summed E-state index contributed by atoms with van der Waals surface area (Å²) in [6, 6.07) is 0. The Kier molecular flexibility index (Phi) is 1.96. The van der Waals surface area contributed by atoms with Gasteiger partial charge in [-0.15, -0.1) is 0 Å². The van der Waals surface area contributed by atoms with Crippen LogP contribution in [0.25, 0.3) is 0 Å². The van der Waals surface area contributed by atoms with Crippen molar-refractivity contribution in [2.24, 2.45) is 5.73 Å². The standard InChI is InChI=1S/C3H10N4O2/c4-1-5-2(8)7-3(9)6-1/h1-3,5-9H,4H2. The van der Waals surface area contributed by atoms with E-state index in [1.165, 1.54) is 0 Å². The molecule has 0 aliphatic carbocycles. The van der Waals surface area contributed by atoms with Crippen LogP contribution in [0.15, 0.2) is 0 Å². The third-order valence-corrected chi connectivity index (χ3v) is 0.991. The highest BCUT2D eigenvalue weighted by molar-refractivity contribution is 4.66. The second kappa shape index (κ2) is 2.56. The maximum atomic E-state index is 8.75. The van der Waals surface area contributed by atoms with Crippen molar-refractivity contribution in [1.82, 2.24) is 16.0 Å². The molecule has 1 aliphatic rings. The Hall–Kier alpha value is -0.240. The van der Waals surface area contributed by atoms with Crippen LogP contribution in [-0.4, -0.2) is 29.2 Å². The van der Waals surface area contributed by atoms with E-state index in [0.717, 1.165) is 0 Å². The minimum Gasteiger partial charge on any atom is -0.365 e. The summed E-state index contributed by atoms with van der Waals surface area (Å²) in [7, 11) is 0. The molecule has 0 spiro atoms. The van der Waals surface area contributed by atoms with Crippen LogP contribution in [0.2, 0.25) is 0 Å². The third kappa shape index (κ3) is 1.86. The lowest BCUT2D eigenvalue weighted by Gasteiger charge is -2.30. The van der Waals surface area contributed by atoms with Crippen molar-refractivity contribution < 1.29 is 10.2 Å². The monoisotopic (exact) mass is 134 g/mol. The molecule has 7 N–H and O–H groups in total. The van der Waals surface area contributed by atoms with Crippen molar-refractivity contribution in [3.05, 3.63) is 0 Å². The van der Waals surface area contributed by atoms with Crippen LogP contribution >= 0.6 is 0 Å². The molecule has 2 atom stereocenters. The number of hydrogen-bond acceptors (Lipinski definition) is 6. The summed E-state index contributed by atoms with van der Waals surface area (Å²) in [5.41, 5.74) is 5.23. The Morgan fingerprint density at radius 1 is 1.00 bits per heavy atom. The highest BCUT2D eigenvalue weighted by atomic mass is 16.3. The zero-order valence-corrected chi connectivity index (χ0v) is 4.70. The number of aliphatic hydroxyl groups excluding tert-OH is 2. The fourth-order valence-corrected chi connectivity index (χ4v) is 0.634. The maximum Gasteiger partial charge on any atom is 0.165 e. The van der Waals surface area contributed by atoms with Crippen molar-refractivity contribution in [2.45, 2.75) is 19.0 Å². The molecule has 0 aromatic carbocycles. The molecule has 1 saturated heterocycles. The molecule has 0 bridgehead atoms. The van der Waals surface area contributed by atoms with Gasteiger partial charge in [0.2, 0.25) is 0 Å². The Labute approximate surface area is 52.0 Å². The van der Waals surface area contributed by atoms with E-state index in [1.807, 2.05) is 0 Å². The quantitative estimate of drug-likeness (QED) is 0.206. The molecule has 0 saturated carbocycles. The first kappa shape index (κ1) is 6.87. The zero-order valence-electron chi connectivity index (χ0n) is 4.70. The van der Waals surface area contributed by atoms with Gasteiger partial charge in [-0.2, -0.15) is 0 Å². The molecule has 0 aromatic rings. The van der Waals surface area contributed by atoms with E-state index in [4.69, 9.17) is 15.9 Å². The molecule has 9 heavy (non-hydrogen) atoms. The van der Waals surface area contributed by atoms with Crippen molar-refractivity contribution in [2.75, 3.05) is 0 Å². The summed E-state index contributed by atoms with van der Waals surface area (Å²) < 4.78 is 0. The Morgan fingerprint density at radius 3 is 1.78 bits per heavy atom. The molecule has 0 radical (unpaired) electrons. The molecule has 0 aromatic heterocycles. The fourth-order valence-electron chi connectivity index (χ4n) is 0.634.